The Morgan fingerprint density at radius 1 is 1.25 bits per heavy atom. The van der Waals surface area contributed by atoms with Gasteiger partial charge in [0.2, 0.25) is 10.0 Å². The van der Waals surface area contributed by atoms with Crippen molar-refractivity contribution < 1.29 is 8.42 Å². The number of hydrogen-bond acceptors (Lipinski definition) is 3. The van der Waals surface area contributed by atoms with Crippen LogP contribution >= 0.6 is 0 Å². The van der Waals surface area contributed by atoms with Crippen LogP contribution in [-0.2, 0) is 10.0 Å². The van der Waals surface area contributed by atoms with E-state index in [1.165, 1.54) is 39.3 Å². The summed E-state index contributed by atoms with van der Waals surface area (Å²) in [6.07, 6.45) is 4.22. The van der Waals surface area contributed by atoms with Crippen LogP contribution in [0.25, 0.3) is 0 Å². The first-order valence-electron chi connectivity index (χ1n) is 4.27. The van der Waals surface area contributed by atoms with Gasteiger partial charge in [-0.25, -0.2) is 13.6 Å². The SMILES string of the molecule is C1CCNCC1.CCS(N)(=O)=O. The van der Waals surface area contributed by atoms with Crippen molar-refractivity contribution in [2.45, 2.75) is 26.2 Å². The molecule has 0 unspecified atom stereocenters. The van der Waals surface area contributed by atoms with Gasteiger partial charge in [0.05, 0.1) is 5.75 Å². The molecule has 4 nitrogen and oxygen atoms in total. The van der Waals surface area contributed by atoms with Gasteiger partial charge in [0.15, 0.2) is 0 Å². The maximum atomic E-state index is 9.78. The summed E-state index contributed by atoms with van der Waals surface area (Å²) in [6, 6.07) is 0. The Kier molecular flexibility index (Phi) is 6.32. The van der Waals surface area contributed by atoms with E-state index in [1.807, 2.05) is 0 Å². The zero-order valence-corrected chi connectivity index (χ0v) is 8.36. The largest absolute Gasteiger partial charge is 0.317 e. The van der Waals surface area contributed by atoms with E-state index in [9.17, 15) is 8.42 Å². The molecule has 0 bridgehead atoms. The number of hydrogen-bond donors (Lipinski definition) is 2. The molecule has 1 aliphatic heterocycles. The van der Waals surface area contributed by atoms with E-state index >= 15 is 0 Å². The molecule has 1 aliphatic rings. The molecule has 3 N–H and O–H groups in total. The lowest BCUT2D eigenvalue weighted by molar-refractivity contribution is 0.520. The summed E-state index contributed by atoms with van der Waals surface area (Å²) in [4.78, 5) is 0. The molecule has 0 amide bonds. The molecular formula is C7H18N2O2S. The minimum atomic E-state index is -3.16. The second kappa shape index (κ2) is 6.39. The minimum Gasteiger partial charge on any atom is -0.317 e. The van der Waals surface area contributed by atoms with Crippen molar-refractivity contribution in [3.05, 3.63) is 0 Å². The lowest BCUT2D eigenvalue weighted by atomic mass is 10.2. The third-order valence-electron chi connectivity index (χ3n) is 1.61. The van der Waals surface area contributed by atoms with Gasteiger partial charge in [-0.15, -0.1) is 0 Å². The molecule has 0 aliphatic carbocycles. The predicted octanol–water partition coefficient (Wildman–Crippen LogP) is 0.0547. The Morgan fingerprint density at radius 2 is 1.67 bits per heavy atom. The van der Waals surface area contributed by atoms with Gasteiger partial charge in [0.25, 0.3) is 0 Å². The van der Waals surface area contributed by atoms with E-state index in [0.717, 1.165) is 0 Å². The topological polar surface area (TPSA) is 72.2 Å². The van der Waals surface area contributed by atoms with Crippen LogP contribution in [0.5, 0.6) is 0 Å². The van der Waals surface area contributed by atoms with E-state index in [-0.39, 0.29) is 5.75 Å². The Morgan fingerprint density at radius 3 is 1.75 bits per heavy atom. The van der Waals surface area contributed by atoms with E-state index in [4.69, 9.17) is 0 Å². The summed E-state index contributed by atoms with van der Waals surface area (Å²) in [5, 5.41) is 7.79. The van der Waals surface area contributed by atoms with Gasteiger partial charge in [-0.3, -0.25) is 0 Å². The Bertz CT molecular complexity index is 174. The summed E-state index contributed by atoms with van der Waals surface area (Å²) >= 11 is 0. The first kappa shape index (κ1) is 11.9. The minimum absolute atomic E-state index is 0.0208. The van der Waals surface area contributed by atoms with Crippen LogP contribution in [0.15, 0.2) is 0 Å². The number of rotatable bonds is 1. The van der Waals surface area contributed by atoms with Crippen LogP contribution in [-0.4, -0.2) is 27.3 Å². The lowest BCUT2D eigenvalue weighted by Gasteiger charge is -2.08. The lowest BCUT2D eigenvalue weighted by Crippen LogP contribution is -2.21. The summed E-state index contributed by atoms with van der Waals surface area (Å²) in [5.41, 5.74) is 0. The summed E-state index contributed by atoms with van der Waals surface area (Å²) in [5.74, 6) is 0.0208. The van der Waals surface area contributed by atoms with Crippen molar-refractivity contribution in [1.82, 2.24) is 5.32 Å². The van der Waals surface area contributed by atoms with Crippen LogP contribution in [0.1, 0.15) is 26.2 Å². The monoisotopic (exact) mass is 194 g/mol. The number of nitrogens with two attached hydrogens (primary N) is 1. The molecule has 12 heavy (non-hydrogen) atoms. The number of primary sulfonamides is 1. The van der Waals surface area contributed by atoms with Crippen molar-refractivity contribution in [3.63, 3.8) is 0 Å². The smallest absolute Gasteiger partial charge is 0.208 e. The highest BCUT2D eigenvalue weighted by molar-refractivity contribution is 7.89. The van der Waals surface area contributed by atoms with Crippen LogP contribution in [0.4, 0.5) is 0 Å². The molecule has 0 aromatic heterocycles. The number of piperidine rings is 1. The molecule has 0 saturated carbocycles. The fourth-order valence-electron chi connectivity index (χ4n) is 0.802. The normalized spacial score (nSPS) is 17.8. The summed E-state index contributed by atoms with van der Waals surface area (Å²) in [7, 11) is -3.16. The van der Waals surface area contributed by atoms with Gasteiger partial charge in [0, 0.05) is 0 Å². The van der Waals surface area contributed by atoms with Crippen molar-refractivity contribution in [3.8, 4) is 0 Å². The molecular weight excluding hydrogens is 176 g/mol. The molecule has 1 fully saturated rings. The maximum absolute atomic E-state index is 9.78. The molecule has 1 rings (SSSR count). The standard InChI is InChI=1S/C5H11N.C2H7NO2S/c1-2-4-6-5-3-1;1-2-6(3,4)5/h6H,1-5H2;2H2,1H3,(H2,3,4,5). The first-order chi connectivity index (χ1) is 5.56. The molecule has 1 heterocycles. The number of sulfonamides is 1. The molecule has 0 aromatic carbocycles. The van der Waals surface area contributed by atoms with Gasteiger partial charge in [0.1, 0.15) is 0 Å². The Labute approximate surface area is 74.6 Å². The zero-order valence-electron chi connectivity index (χ0n) is 7.54. The number of nitrogens with one attached hydrogen (secondary N) is 1. The quantitative estimate of drug-likeness (QED) is 0.620. The van der Waals surface area contributed by atoms with E-state index in [2.05, 4.69) is 10.5 Å². The van der Waals surface area contributed by atoms with Crippen molar-refractivity contribution in [2.24, 2.45) is 5.14 Å². The van der Waals surface area contributed by atoms with Gasteiger partial charge in [-0.1, -0.05) is 6.42 Å². The van der Waals surface area contributed by atoms with Gasteiger partial charge in [-0.05, 0) is 32.9 Å². The fourth-order valence-corrected chi connectivity index (χ4v) is 0.802. The molecule has 0 atom stereocenters. The predicted molar refractivity (Wildman–Crippen MR) is 50.4 cm³/mol. The highest BCUT2D eigenvalue weighted by atomic mass is 32.2. The van der Waals surface area contributed by atoms with Crippen LogP contribution in [0.3, 0.4) is 0 Å². The molecule has 0 spiro atoms. The van der Waals surface area contributed by atoms with Crippen LogP contribution in [0.2, 0.25) is 0 Å². The summed E-state index contributed by atoms with van der Waals surface area (Å²) < 4.78 is 19.6. The van der Waals surface area contributed by atoms with Crippen molar-refractivity contribution in [2.75, 3.05) is 18.8 Å². The second-order valence-corrected chi connectivity index (χ2v) is 4.67. The summed E-state index contributed by atoms with van der Waals surface area (Å²) in [6.45, 7) is 4.00. The van der Waals surface area contributed by atoms with Crippen molar-refractivity contribution >= 4 is 10.0 Å². The maximum Gasteiger partial charge on any atom is 0.208 e. The average molecular weight is 194 g/mol. The average Bonchev–Trinajstić information content (AvgIpc) is 2.07. The molecule has 5 heteroatoms. The van der Waals surface area contributed by atoms with E-state index < -0.39 is 10.0 Å². The third-order valence-corrected chi connectivity index (χ3v) is 2.41. The van der Waals surface area contributed by atoms with Gasteiger partial charge in [-0.2, -0.15) is 0 Å². The molecule has 0 radical (unpaired) electrons. The highest BCUT2D eigenvalue weighted by Crippen LogP contribution is 1.96. The molecule has 0 aromatic rings. The second-order valence-electron chi connectivity index (χ2n) is 2.76. The van der Waals surface area contributed by atoms with E-state index in [1.54, 1.807) is 0 Å². The Balaban J connectivity index is 0.000000202. The van der Waals surface area contributed by atoms with Crippen LogP contribution in [0, 0.1) is 0 Å². The molecule has 1 saturated heterocycles. The van der Waals surface area contributed by atoms with Crippen LogP contribution < -0.4 is 10.5 Å². The highest BCUT2D eigenvalue weighted by Gasteiger charge is 1.93. The molecule has 74 valence electrons. The van der Waals surface area contributed by atoms with Crippen molar-refractivity contribution in [1.29, 1.82) is 0 Å². The van der Waals surface area contributed by atoms with Gasteiger partial charge < -0.3 is 5.32 Å². The fraction of sp³-hybridized carbons (Fsp3) is 1.00. The van der Waals surface area contributed by atoms with E-state index in [0.29, 0.717) is 0 Å². The first-order valence-corrected chi connectivity index (χ1v) is 5.99. The van der Waals surface area contributed by atoms with Gasteiger partial charge >= 0.3 is 0 Å². The Hall–Kier alpha value is -0.130. The zero-order chi connectivity index (χ0) is 9.45. The third kappa shape index (κ3) is 9.87.